The fraction of sp³-hybridized carbons (Fsp3) is 0.412. The average Bonchev–Trinajstić information content (AvgIpc) is 2.95. The van der Waals surface area contributed by atoms with Gasteiger partial charge < -0.3 is 9.30 Å². The van der Waals surface area contributed by atoms with Crippen LogP contribution in [0.3, 0.4) is 0 Å². The number of ether oxygens (including phenoxy) is 1. The summed E-state index contributed by atoms with van der Waals surface area (Å²) in [4.78, 5) is 25.4. The number of rotatable bonds is 1. The Bertz CT molecular complexity index is 763. The summed E-state index contributed by atoms with van der Waals surface area (Å²) in [5.74, 6) is -0.398. The van der Waals surface area contributed by atoms with Crippen molar-refractivity contribution in [3.63, 3.8) is 0 Å². The molecule has 0 N–H and O–H groups in total. The van der Waals surface area contributed by atoms with E-state index in [1.54, 1.807) is 0 Å². The number of aryl methyl sites for hydroxylation is 1. The van der Waals surface area contributed by atoms with Crippen molar-refractivity contribution in [3.8, 4) is 0 Å². The fourth-order valence-corrected chi connectivity index (χ4v) is 3.50. The monoisotopic (exact) mass is 300 g/mol. The Hall–Kier alpha value is -2.30. The minimum atomic E-state index is -0.572. The van der Waals surface area contributed by atoms with Crippen molar-refractivity contribution in [1.82, 2.24) is 9.47 Å². The van der Waals surface area contributed by atoms with E-state index in [0.717, 1.165) is 22.2 Å². The van der Waals surface area contributed by atoms with Gasteiger partial charge in [0.25, 0.3) is 0 Å². The number of nitrogens with zero attached hydrogens (tertiary/aromatic N) is 2. The number of hydrogen-bond donors (Lipinski definition) is 0. The molecular formula is C17H20N2O3. The lowest BCUT2D eigenvalue weighted by molar-refractivity contribution is -0.129. The second kappa shape index (κ2) is 5.16. The SMILES string of the molecule is COC(=O)N1CC(c2c(C)n(C)c3ccccc23)C(C)C1=O. The van der Waals surface area contributed by atoms with Crippen LogP contribution in [-0.2, 0) is 16.6 Å². The molecule has 1 fully saturated rings. The number of imide groups is 1. The molecule has 5 heteroatoms. The average molecular weight is 300 g/mol. The number of amides is 2. The van der Waals surface area contributed by atoms with Gasteiger partial charge in [-0.25, -0.2) is 9.69 Å². The van der Waals surface area contributed by atoms with E-state index >= 15 is 0 Å². The topological polar surface area (TPSA) is 51.5 Å². The molecule has 0 bridgehead atoms. The first-order chi connectivity index (χ1) is 10.5. The number of likely N-dealkylation sites (tertiary alicyclic amines) is 1. The van der Waals surface area contributed by atoms with Crippen molar-refractivity contribution in [2.75, 3.05) is 13.7 Å². The van der Waals surface area contributed by atoms with Gasteiger partial charge in [-0.2, -0.15) is 0 Å². The molecular weight excluding hydrogens is 280 g/mol. The summed E-state index contributed by atoms with van der Waals surface area (Å²) < 4.78 is 6.86. The molecule has 22 heavy (non-hydrogen) atoms. The molecule has 1 aromatic heterocycles. The first-order valence-electron chi connectivity index (χ1n) is 7.40. The van der Waals surface area contributed by atoms with Crippen molar-refractivity contribution in [1.29, 1.82) is 0 Å². The molecule has 0 saturated carbocycles. The number of carbonyl (C=O) groups is 2. The Labute approximate surface area is 129 Å². The molecule has 0 radical (unpaired) electrons. The Balaban J connectivity index is 2.11. The third-order valence-electron chi connectivity index (χ3n) is 4.85. The van der Waals surface area contributed by atoms with E-state index in [1.807, 2.05) is 26.1 Å². The predicted molar refractivity (Wildman–Crippen MR) is 83.7 cm³/mol. The van der Waals surface area contributed by atoms with Gasteiger partial charge in [-0.3, -0.25) is 4.79 Å². The molecule has 2 atom stereocenters. The van der Waals surface area contributed by atoms with Crippen molar-refractivity contribution in [2.24, 2.45) is 13.0 Å². The lowest BCUT2D eigenvalue weighted by Crippen LogP contribution is -2.33. The smallest absolute Gasteiger partial charge is 0.416 e. The van der Waals surface area contributed by atoms with Crippen molar-refractivity contribution in [2.45, 2.75) is 19.8 Å². The summed E-state index contributed by atoms with van der Waals surface area (Å²) in [5, 5.41) is 1.15. The summed E-state index contributed by atoms with van der Waals surface area (Å²) >= 11 is 0. The molecule has 0 aliphatic carbocycles. The van der Waals surface area contributed by atoms with Gasteiger partial charge in [0.15, 0.2) is 0 Å². The fourth-order valence-electron chi connectivity index (χ4n) is 3.50. The molecule has 1 aromatic carbocycles. The van der Waals surface area contributed by atoms with Crippen LogP contribution in [-0.4, -0.2) is 35.1 Å². The van der Waals surface area contributed by atoms with Crippen LogP contribution in [0.1, 0.15) is 24.1 Å². The molecule has 2 aromatic rings. The van der Waals surface area contributed by atoms with Gasteiger partial charge in [-0.05, 0) is 18.6 Å². The maximum absolute atomic E-state index is 12.4. The maximum Gasteiger partial charge on any atom is 0.416 e. The summed E-state index contributed by atoms with van der Waals surface area (Å²) in [6.45, 7) is 4.33. The minimum Gasteiger partial charge on any atom is -0.452 e. The first kappa shape index (κ1) is 14.6. The molecule has 1 aliphatic rings. The number of benzene rings is 1. The highest BCUT2D eigenvalue weighted by atomic mass is 16.5. The second-order valence-corrected chi connectivity index (χ2v) is 5.89. The van der Waals surface area contributed by atoms with Gasteiger partial charge in [0.2, 0.25) is 5.91 Å². The van der Waals surface area contributed by atoms with Gasteiger partial charge in [-0.15, -0.1) is 0 Å². The van der Waals surface area contributed by atoms with Gasteiger partial charge in [0.1, 0.15) is 0 Å². The number of hydrogen-bond acceptors (Lipinski definition) is 3. The van der Waals surface area contributed by atoms with E-state index in [4.69, 9.17) is 4.74 Å². The quantitative estimate of drug-likeness (QED) is 0.813. The van der Waals surface area contributed by atoms with Gasteiger partial charge in [0, 0.05) is 42.0 Å². The van der Waals surface area contributed by atoms with Crippen LogP contribution < -0.4 is 0 Å². The zero-order chi connectivity index (χ0) is 16.0. The van der Waals surface area contributed by atoms with Crippen molar-refractivity contribution < 1.29 is 14.3 Å². The predicted octanol–water partition coefficient (Wildman–Crippen LogP) is 2.82. The van der Waals surface area contributed by atoms with E-state index in [-0.39, 0.29) is 17.7 Å². The largest absolute Gasteiger partial charge is 0.452 e. The van der Waals surface area contributed by atoms with Crippen LogP contribution in [0.15, 0.2) is 24.3 Å². The summed E-state index contributed by atoms with van der Waals surface area (Å²) in [6, 6.07) is 8.17. The maximum atomic E-state index is 12.4. The normalized spacial score (nSPS) is 21.6. The summed E-state index contributed by atoms with van der Waals surface area (Å²) in [6.07, 6.45) is -0.572. The van der Waals surface area contributed by atoms with E-state index in [9.17, 15) is 9.59 Å². The van der Waals surface area contributed by atoms with Crippen LogP contribution in [0.2, 0.25) is 0 Å². The summed E-state index contributed by atoms with van der Waals surface area (Å²) in [7, 11) is 3.33. The van der Waals surface area contributed by atoms with Crippen LogP contribution in [0.25, 0.3) is 10.9 Å². The highest BCUT2D eigenvalue weighted by Gasteiger charge is 2.43. The number of carbonyl (C=O) groups excluding carboxylic acids is 2. The molecule has 3 rings (SSSR count). The van der Waals surface area contributed by atoms with Crippen molar-refractivity contribution >= 4 is 22.9 Å². The van der Waals surface area contributed by atoms with Gasteiger partial charge in [0.05, 0.1) is 7.11 Å². The third-order valence-corrected chi connectivity index (χ3v) is 4.85. The molecule has 1 aliphatic heterocycles. The Morgan fingerprint density at radius 2 is 2.00 bits per heavy atom. The molecule has 2 heterocycles. The van der Waals surface area contributed by atoms with E-state index in [2.05, 4.69) is 23.6 Å². The number of fused-ring (bicyclic) bond motifs is 1. The molecule has 5 nitrogen and oxygen atoms in total. The highest BCUT2D eigenvalue weighted by molar-refractivity contribution is 5.97. The number of methoxy groups -OCH3 is 1. The third kappa shape index (κ3) is 1.92. The number of para-hydroxylation sites is 1. The Kier molecular flexibility index (Phi) is 3.43. The molecule has 0 spiro atoms. The van der Waals surface area contributed by atoms with Crippen LogP contribution >= 0.6 is 0 Å². The zero-order valence-electron chi connectivity index (χ0n) is 13.3. The standard InChI is InChI=1S/C17H20N2O3/c1-10-13(9-19(16(10)20)17(21)22-4)15-11(2)18(3)14-8-6-5-7-12(14)15/h5-8,10,13H,9H2,1-4H3. The lowest BCUT2D eigenvalue weighted by Gasteiger charge is -2.14. The Morgan fingerprint density at radius 3 is 2.68 bits per heavy atom. The molecule has 2 unspecified atom stereocenters. The molecule has 1 saturated heterocycles. The summed E-state index contributed by atoms with van der Waals surface area (Å²) in [5.41, 5.74) is 3.44. The minimum absolute atomic E-state index is 0.00213. The van der Waals surface area contributed by atoms with Gasteiger partial charge >= 0.3 is 6.09 Å². The van der Waals surface area contributed by atoms with Crippen LogP contribution in [0.5, 0.6) is 0 Å². The van der Waals surface area contributed by atoms with E-state index in [1.165, 1.54) is 12.0 Å². The molecule has 116 valence electrons. The van der Waals surface area contributed by atoms with E-state index in [0.29, 0.717) is 6.54 Å². The second-order valence-electron chi connectivity index (χ2n) is 5.89. The van der Waals surface area contributed by atoms with Crippen LogP contribution in [0, 0.1) is 12.8 Å². The van der Waals surface area contributed by atoms with Crippen LogP contribution in [0.4, 0.5) is 4.79 Å². The Morgan fingerprint density at radius 1 is 1.32 bits per heavy atom. The van der Waals surface area contributed by atoms with Gasteiger partial charge in [-0.1, -0.05) is 25.1 Å². The highest BCUT2D eigenvalue weighted by Crippen LogP contribution is 2.40. The first-order valence-corrected chi connectivity index (χ1v) is 7.40. The number of aromatic nitrogens is 1. The lowest BCUT2D eigenvalue weighted by atomic mass is 9.88. The van der Waals surface area contributed by atoms with E-state index < -0.39 is 6.09 Å². The molecule has 2 amide bonds. The zero-order valence-corrected chi connectivity index (χ0v) is 13.3. The van der Waals surface area contributed by atoms with Crippen molar-refractivity contribution in [3.05, 3.63) is 35.5 Å².